The molecule has 54 valence electrons. The van der Waals surface area contributed by atoms with E-state index in [4.69, 9.17) is 5.84 Å². The maximum atomic E-state index is 5.21. The SMILES string of the molecule is C[C@H](NN)c1ccccn1. The normalized spacial score (nSPS) is 13.0. The van der Waals surface area contributed by atoms with Crippen LogP contribution in [0, 0.1) is 0 Å². The van der Waals surface area contributed by atoms with Gasteiger partial charge in [0, 0.05) is 6.20 Å². The Balaban J connectivity index is 2.75. The zero-order valence-electron chi connectivity index (χ0n) is 5.91. The average molecular weight is 137 g/mol. The van der Waals surface area contributed by atoms with Crippen LogP contribution in [0.3, 0.4) is 0 Å². The lowest BCUT2D eigenvalue weighted by atomic mass is 10.2. The number of hydrazine groups is 1. The number of pyridine rings is 1. The molecule has 0 saturated heterocycles. The lowest BCUT2D eigenvalue weighted by Gasteiger charge is -2.07. The van der Waals surface area contributed by atoms with E-state index >= 15 is 0 Å². The first-order valence-corrected chi connectivity index (χ1v) is 3.21. The number of nitrogens with one attached hydrogen (secondary N) is 1. The van der Waals surface area contributed by atoms with Crippen LogP contribution in [0.2, 0.25) is 0 Å². The maximum absolute atomic E-state index is 5.21. The number of hydrogen-bond acceptors (Lipinski definition) is 3. The van der Waals surface area contributed by atoms with Gasteiger partial charge in [0.2, 0.25) is 0 Å². The minimum atomic E-state index is 0.126. The van der Waals surface area contributed by atoms with E-state index < -0.39 is 0 Å². The molecule has 0 spiro atoms. The predicted molar refractivity (Wildman–Crippen MR) is 40.0 cm³/mol. The van der Waals surface area contributed by atoms with Crippen LogP contribution < -0.4 is 11.3 Å². The first-order chi connectivity index (χ1) is 4.84. The summed E-state index contributed by atoms with van der Waals surface area (Å²) in [4.78, 5) is 4.11. The molecule has 3 N–H and O–H groups in total. The van der Waals surface area contributed by atoms with Gasteiger partial charge >= 0.3 is 0 Å². The van der Waals surface area contributed by atoms with Gasteiger partial charge in [-0.2, -0.15) is 0 Å². The Hall–Kier alpha value is -0.930. The molecular formula is C7H11N3. The molecule has 1 rings (SSSR count). The van der Waals surface area contributed by atoms with Crippen molar-refractivity contribution in [2.24, 2.45) is 5.84 Å². The van der Waals surface area contributed by atoms with Crippen molar-refractivity contribution in [2.75, 3.05) is 0 Å². The van der Waals surface area contributed by atoms with Crippen molar-refractivity contribution < 1.29 is 0 Å². The minimum Gasteiger partial charge on any atom is -0.271 e. The van der Waals surface area contributed by atoms with Gasteiger partial charge in [0.1, 0.15) is 0 Å². The van der Waals surface area contributed by atoms with Crippen molar-refractivity contribution in [2.45, 2.75) is 13.0 Å². The Bertz CT molecular complexity index is 185. The largest absolute Gasteiger partial charge is 0.271 e. The highest BCUT2D eigenvalue weighted by atomic mass is 15.2. The van der Waals surface area contributed by atoms with E-state index in [1.165, 1.54) is 0 Å². The van der Waals surface area contributed by atoms with E-state index in [1.807, 2.05) is 25.1 Å². The molecule has 0 bridgehead atoms. The molecule has 3 heteroatoms. The Morgan fingerprint density at radius 3 is 2.90 bits per heavy atom. The van der Waals surface area contributed by atoms with Gasteiger partial charge in [-0.05, 0) is 19.1 Å². The second-order valence-electron chi connectivity index (χ2n) is 2.14. The van der Waals surface area contributed by atoms with Gasteiger partial charge in [-0.1, -0.05) is 6.07 Å². The Morgan fingerprint density at radius 2 is 2.40 bits per heavy atom. The van der Waals surface area contributed by atoms with Crippen LogP contribution in [0.25, 0.3) is 0 Å². The van der Waals surface area contributed by atoms with Crippen molar-refractivity contribution >= 4 is 0 Å². The average Bonchev–Trinajstić information content (AvgIpc) is 2.05. The van der Waals surface area contributed by atoms with E-state index in [0.29, 0.717) is 0 Å². The van der Waals surface area contributed by atoms with E-state index in [-0.39, 0.29) is 6.04 Å². The van der Waals surface area contributed by atoms with Crippen LogP contribution in [0.5, 0.6) is 0 Å². The van der Waals surface area contributed by atoms with Gasteiger partial charge in [-0.25, -0.2) is 0 Å². The van der Waals surface area contributed by atoms with Crippen molar-refractivity contribution in [1.29, 1.82) is 0 Å². The molecule has 3 nitrogen and oxygen atoms in total. The second kappa shape index (κ2) is 3.29. The van der Waals surface area contributed by atoms with Gasteiger partial charge in [0.15, 0.2) is 0 Å². The fourth-order valence-corrected chi connectivity index (χ4v) is 0.717. The molecule has 1 atom stereocenters. The summed E-state index contributed by atoms with van der Waals surface area (Å²) in [5.41, 5.74) is 3.58. The summed E-state index contributed by atoms with van der Waals surface area (Å²) in [6.07, 6.45) is 1.75. The molecule has 0 aliphatic carbocycles. The van der Waals surface area contributed by atoms with Crippen LogP contribution in [0.1, 0.15) is 18.7 Å². The van der Waals surface area contributed by atoms with Crippen LogP contribution >= 0.6 is 0 Å². The monoisotopic (exact) mass is 137 g/mol. The minimum absolute atomic E-state index is 0.126. The molecule has 0 saturated carbocycles. The Labute approximate surface area is 60.2 Å². The Morgan fingerprint density at radius 1 is 1.60 bits per heavy atom. The number of nitrogens with two attached hydrogens (primary N) is 1. The zero-order valence-corrected chi connectivity index (χ0v) is 5.91. The summed E-state index contributed by atoms with van der Waals surface area (Å²) in [6.45, 7) is 1.96. The van der Waals surface area contributed by atoms with E-state index in [9.17, 15) is 0 Å². The van der Waals surface area contributed by atoms with Crippen LogP contribution in [-0.2, 0) is 0 Å². The third-order valence-corrected chi connectivity index (χ3v) is 1.38. The maximum Gasteiger partial charge on any atom is 0.0604 e. The first kappa shape index (κ1) is 7.18. The van der Waals surface area contributed by atoms with Crippen LogP contribution in [0.4, 0.5) is 0 Å². The standard InChI is InChI=1S/C7H11N3/c1-6(10-8)7-4-2-3-5-9-7/h2-6,10H,8H2,1H3/t6-/m0/s1. The summed E-state index contributed by atoms with van der Waals surface area (Å²) in [5.74, 6) is 5.21. The van der Waals surface area contributed by atoms with E-state index in [2.05, 4.69) is 10.4 Å². The number of rotatable bonds is 2. The summed E-state index contributed by atoms with van der Waals surface area (Å²) in [6, 6.07) is 5.88. The summed E-state index contributed by atoms with van der Waals surface area (Å²) in [7, 11) is 0. The van der Waals surface area contributed by atoms with Crippen molar-refractivity contribution in [3.63, 3.8) is 0 Å². The molecule has 10 heavy (non-hydrogen) atoms. The van der Waals surface area contributed by atoms with Crippen molar-refractivity contribution in [3.05, 3.63) is 30.1 Å². The van der Waals surface area contributed by atoms with E-state index in [1.54, 1.807) is 6.20 Å². The van der Waals surface area contributed by atoms with E-state index in [0.717, 1.165) is 5.69 Å². The van der Waals surface area contributed by atoms with Gasteiger partial charge in [0.05, 0.1) is 11.7 Å². The van der Waals surface area contributed by atoms with Gasteiger partial charge in [-0.3, -0.25) is 16.3 Å². The third-order valence-electron chi connectivity index (χ3n) is 1.38. The van der Waals surface area contributed by atoms with Crippen LogP contribution in [0.15, 0.2) is 24.4 Å². The second-order valence-corrected chi connectivity index (χ2v) is 2.14. The summed E-state index contributed by atoms with van der Waals surface area (Å²) in [5, 5.41) is 0. The fourth-order valence-electron chi connectivity index (χ4n) is 0.717. The van der Waals surface area contributed by atoms with Gasteiger partial charge in [-0.15, -0.1) is 0 Å². The zero-order chi connectivity index (χ0) is 7.40. The smallest absolute Gasteiger partial charge is 0.0604 e. The van der Waals surface area contributed by atoms with Gasteiger partial charge in [0.25, 0.3) is 0 Å². The number of nitrogens with zero attached hydrogens (tertiary/aromatic N) is 1. The molecule has 1 aromatic rings. The molecule has 0 radical (unpaired) electrons. The molecular weight excluding hydrogens is 126 g/mol. The fraction of sp³-hybridized carbons (Fsp3) is 0.286. The predicted octanol–water partition coefficient (Wildman–Crippen LogP) is 0.606. The molecule has 0 fully saturated rings. The highest BCUT2D eigenvalue weighted by Crippen LogP contribution is 2.04. The van der Waals surface area contributed by atoms with Crippen LogP contribution in [-0.4, -0.2) is 4.98 Å². The molecule has 0 aromatic carbocycles. The number of aromatic nitrogens is 1. The van der Waals surface area contributed by atoms with Gasteiger partial charge < -0.3 is 0 Å². The molecule has 0 amide bonds. The molecule has 0 aliphatic heterocycles. The van der Waals surface area contributed by atoms with Crippen molar-refractivity contribution in [1.82, 2.24) is 10.4 Å². The van der Waals surface area contributed by atoms with Crippen molar-refractivity contribution in [3.8, 4) is 0 Å². The Kier molecular flexibility index (Phi) is 2.36. The highest BCUT2D eigenvalue weighted by Gasteiger charge is 2.00. The molecule has 1 heterocycles. The highest BCUT2D eigenvalue weighted by molar-refractivity contribution is 5.06. The third kappa shape index (κ3) is 1.52. The number of hydrogen-bond donors (Lipinski definition) is 2. The lowest BCUT2D eigenvalue weighted by molar-refractivity contribution is 0.587. The first-order valence-electron chi connectivity index (χ1n) is 3.21. The summed E-state index contributed by atoms with van der Waals surface area (Å²) >= 11 is 0. The lowest BCUT2D eigenvalue weighted by Crippen LogP contribution is -2.26. The molecule has 1 aromatic heterocycles. The topological polar surface area (TPSA) is 50.9 Å². The quantitative estimate of drug-likeness (QED) is 0.463. The molecule has 0 unspecified atom stereocenters. The summed E-state index contributed by atoms with van der Waals surface area (Å²) < 4.78 is 0. The molecule has 0 aliphatic rings.